The number of nitrogens with zero attached hydrogens (tertiary/aromatic N) is 1. The zero-order valence-electron chi connectivity index (χ0n) is 12.6. The van der Waals surface area contributed by atoms with E-state index >= 15 is 0 Å². The second kappa shape index (κ2) is 10.2. The summed E-state index contributed by atoms with van der Waals surface area (Å²) in [5.41, 5.74) is 6.95. The van der Waals surface area contributed by atoms with Crippen molar-refractivity contribution in [2.45, 2.75) is 12.5 Å². The van der Waals surface area contributed by atoms with Gasteiger partial charge in [-0.15, -0.1) is 0 Å². The van der Waals surface area contributed by atoms with Gasteiger partial charge in [0.15, 0.2) is 0 Å². The van der Waals surface area contributed by atoms with Crippen LogP contribution in [0.1, 0.15) is 18.0 Å². The molecule has 0 aliphatic rings. The molecule has 120 valence electrons. The molecule has 6 heteroatoms. The number of rotatable bonds is 10. The molecule has 0 aliphatic heterocycles. The van der Waals surface area contributed by atoms with Gasteiger partial charge in [0, 0.05) is 46.5 Å². The second-order valence-corrected chi connectivity index (χ2v) is 5.65. The minimum atomic E-state index is -0.266. The predicted octanol–water partition coefficient (Wildman–Crippen LogP) is 2.57. The highest BCUT2D eigenvalue weighted by Gasteiger charge is 2.19. The number of hydrogen-bond donors (Lipinski definition) is 1. The first kappa shape index (κ1) is 18.5. The molecule has 0 aromatic heterocycles. The van der Waals surface area contributed by atoms with Crippen molar-refractivity contribution < 1.29 is 13.9 Å². The third-order valence-electron chi connectivity index (χ3n) is 3.37. The number of halogens is 2. The van der Waals surface area contributed by atoms with E-state index in [1.165, 1.54) is 6.07 Å². The molecule has 0 bridgehead atoms. The number of hydrogen-bond acceptors (Lipinski definition) is 4. The topological polar surface area (TPSA) is 47.7 Å². The van der Waals surface area contributed by atoms with Crippen molar-refractivity contribution in [1.29, 1.82) is 0 Å². The minimum absolute atomic E-state index is 0.0360. The molecule has 1 unspecified atom stereocenters. The summed E-state index contributed by atoms with van der Waals surface area (Å²) < 4.78 is 24.1. The van der Waals surface area contributed by atoms with Crippen LogP contribution in [0.3, 0.4) is 0 Å². The Kier molecular flexibility index (Phi) is 9.03. The van der Waals surface area contributed by atoms with Crippen molar-refractivity contribution in [1.82, 2.24) is 4.90 Å². The van der Waals surface area contributed by atoms with Gasteiger partial charge in [-0.3, -0.25) is 4.90 Å². The minimum Gasteiger partial charge on any atom is -0.385 e. The lowest BCUT2D eigenvalue weighted by atomic mass is 10.0. The third kappa shape index (κ3) is 6.00. The van der Waals surface area contributed by atoms with E-state index in [2.05, 4.69) is 20.8 Å². The first-order valence-electron chi connectivity index (χ1n) is 7.01. The van der Waals surface area contributed by atoms with Gasteiger partial charge in [0.05, 0.1) is 11.1 Å². The maximum Gasteiger partial charge on any atom is 0.137 e. The van der Waals surface area contributed by atoms with Crippen LogP contribution < -0.4 is 5.73 Å². The predicted molar refractivity (Wildman–Crippen MR) is 85.8 cm³/mol. The molecule has 0 amide bonds. The van der Waals surface area contributed by atoms with Gasteiger partial charge < -0.3 is 15.2 Å². The maximum absolute atomic E-state index is 13.4. The molecule has 0 saturated heterocycles. The molecule has 0 radical (unpaired) electrons. The van der Waals surface area contributed by atoms with Gasteiger partial charge in [-0.05, 0) is 40.0 Å². The van der Waals surface area contributed by atoms with Gasteiger partial charge in [0.25, 0.3) is 0 Å². The summed E-state index contributed by atoms with van der Waals surface area (Å²) in [5.74, 6) is -0.266. The first-order chi connectivity index (χ1) is 10.1. The van der Waals surface area contributed by atoms with Gasteiger partial charge in [0.2, 0.25) is 0 Å². The summed E-state index contributed by atoms with van der Waals surface area (Å²) in [6.07, 6.45) is 0.916. The van der Waals surface area contributed by atoms with Crippen molar-refractivity contribution in [2.75, 3.05) is 47.1 Å². The SMILES string of the molecule is COCCCN(CCOC)C(CN)c1ccc(F)c(Br)c1. The van der Waals surface area contributed by atoms with Crippen molar-refractivity contribution in [3.05, 3.63) is 34.1 Å². The van der Waals surface area contributed by atoms with E-state index in [4.69, 9.17) is 15.2 Å². The van der Waals surface area contributed by atoms with Crippen molar-refractivity contribution in [3.63, 3.8) is 0 Å². The largest absolute Gasteiger partial charge is 0.385 e. The molecule has 0 heterocycles. The van der Waals surface area contributed by atoms with Crippen molar-refractivity contribution in [3.8, 4) is 0 Å². The molecule has 0 spiro atoms. The highest BCUT2D eigenvalue weighted by atomic mass is 79.9. The molecule has 4 nitrogen and oxygen atoms in total. The Hall–Kier alpha value is -0.530. The smallest absolute Gasteiger partial charge is 0.137 e. The third-order valence-corrected chi connectivity index (χ3v) is 3.98. The Morgan fingerprint density at radius 3 is 2.52 bits per heavy atom. The zero-order chi connectivity index (χ0) is 15.7. The Balaban J connectivity index is 2.84. The van der Waals surface area contributed by atoms with Crippen LogP contribution >= 0.6 is 15.9 Å². The maximum atomic E-state index is 13.4. The summed E-state index contributed by atoms with van der Waals surface area (Å²) in [6, 6.07) is 5.08. The molecule has 0 aliphatic carbocycles. The van der Waals surface area contributed by atoms with Crippen LogP contribution in [0.25, 0.3) is 0 Å². The lowest BCUT2D eigenvalue weighted by Crippen LogP contribution is -2.37. The lowest BCUT2D eigenvalue weighted by Gasteiger charge is -2.31. The van der Waals surface area contributed by atoms with Gasteiger partial charge in [-0.25, -0.2) is 4.39 Å². The average Bonchev–Trinajstić information content (AvgIpc) is 2.48. The van der Waals surface area contributed by atoms with E-state index in [-0.39, 0.29) is 11.9 Å². The van der Waals surface area contributed by atoms with Crippen LogP contribution in [0.2, 0.25) is 0 Å². The van der Waals surface area contributed by atoms with E-state index in [0.717, 1.165) is 25.1 Å². The standard InChI is InChI=1S/C15H24BrFN2O2/c1-20-8-3-6-19(7-9-21-2)15(11-18)12-4-5-14(17)13(16)10-12/h4-5,10,15H,3,6-9,11,18H2,1-2H3. The lowest BCUT2D eigenvalue weighted by molar-refractivity contribution is 0.108. The fourth-order valence-corrected chi connectivity index (χ4v) is 2.66. The highest BCUT2D eigenvalue weighted by molar-refractivity contribution is 9.10. The first-order valence-corrected chi connectivity index (χ1v) is 7.80. The van der Waals surface area contributed by atoms with Crippen LogP contribution in [-0.2, 0) is 9.47 Å². The molecule has 2 N–H and O–H groups in total. The Morgan fingerprint density at radius 1 is 1.24 bits per heavy atom. The van der Waals surface area contributed by atoms with Gasteiger partial charge in [-0.1, -0.05) is 6.07 Å². The van der Waals surface area contributed by atoms with Crippen molar-refractivity contribution in [2.24, 2.45) is 5.73 Å². The van der Waals surface area contributed by atoms with Crippen LogP contribution in [0, 0.1) is 5.82 Å². The van der Waals surface area contributed by atoms with Gasteiger partial charge in [-0.2, -0.15) is 0 Å². The molecule has 1 aromatic carbocycles. The van der Waals surface area contributed by atoms with E-state index in [1.54, 1.807) is 26.4 Å². The second-order valence-electron chi connectivity index (χ2n) is 4.80. The molecule has 21 heavy (non-hydrogen) atoms. The summed E-state index contributed by atoms with van der Waals surface area (Å²) in [7, 11) is 3.37. The summed E-state index contributed by atoms with van der Waals surface area (Å²) in [5, 5.41) is 0. The van der Waals surface area contributed by atoms with Gasteiger partial charge >= 0.3 is 0 Å². The zero-order valence-corrected chi connectivity index (χ0v) is 14.2. The number of benzene rings is 1. The summed E-state index contributed by atoms with van der Waals surface area (Å²) in [6.45, 7) is 3.43. The molecule has 1 rings (SSSR count). The quantitative estimate of drug-likeness (QED) is 0.649. The molecular weight excluding hydrogens is 339 g/mol. The Bertz CT molecular complexity index is 421. The normalized spacial score (nSPS) is 12.9. The Morgan fingerprint density at radius 2 is 1.95 bits per heavy atom. The Labute approximate surface area is 134 Å². The molecule has 1 atom stereocenters. The van der Waals surface area contributed by atoms with E-state index < -0.39 is 0 Å². The molecular formula is C15H24BrFN2O2. The fourth-order valence-electron chi connectivity index (χ4n) is 2.26. The van der Waals surface area contributed by atoms with E-state index in [1.807, 2.05) is 0 Å². The number of nitrogens with two attached hydrogens (primary N) is 1. The molecule has 0 saturated carbocycles. The van der Waals surface area contributed by atoms with Gasteiger partial charge in [0.1, 0.15) is 5.82 Å². The number of methoxy groups -OCH3 is 2. The van der Waals surface area contributed by atoms with Crippen LogP contribution in [-0.4, -0.2) is 52.0 Å². The monoisotopic (exact) mass is 362 g/mol. The molecule has 0 fully saturated rings. The summed E-state index contributed by atoms with van der Waals surface area (Å²) >= 11 is 3.23. The summed E-state index contributed by atoms with van der Waals surface area (Å²) in [4.78, 5) is 2.25. The van der Waals surface area contributed by atoms with Crippen molar-refractivity contribution >= 4 is 15.9 Å². The molecule has 1 aromatic rings. The fraction of sp³-hybridized carbons (Fsp3) is 0.600. The van der Waals surface area contributed by atoms with Crippen LogP contribution in [0.4, 0.5) is 4.39 Å². The van der Waals surface area contributed by atoms with E-state index in [9.17, 15) is 4.39 Å². The highest BCUT2D eigenvalue weighted by Crippen LogP contribution is 2.25. The van der Waals surface area contributed by atoms with Crippen LogP contribution in [0.15, 0.2) is 22.7 Å². The van der Waals surface area contributed by atoms with Crippen LogP contribution in [0.5, 0.6) is 0 Å². The average molecular weight is 363 g/mol. The number of ether oxygens (including phenoxy) is 2. The van der Waals surface area contributed by atoms with E-state index in [0.29, 0.717) is 24.2 Å².